The van der Waals surface area contributed by atoms with Crippen LogP contribution in [0.1, 0.15) is 31.7 Å². The summed E-state index contributed by atoms with van der Waals surface area (Å²) in [6.45, 7) is 2.21. The van der Waals surface area contributed by atoms with E-state index in [0.29, 0.717) is 11.8 Å². The minimum Gasteiger partial charge on any atom is -0.494 e. The van der Waals surface area contributed by atoms with E-state index < -0.39 is 0 Å². The first-order chi connectivity index (χ1) is 8.09. The molecule has 2 unspecified atom stereocenters. The van der Waals surface area contributed by atoms with Crippen LogP contribution in [0.25, 0.3) is 0 Å². The fourth-order valence-electron chi connectivity index (χ4n) is 2.79. The molecule has 1 aliphatic rings. The average molecular weight is 237 g/mol. The van der Waals surface area contributed by atoms with Crippen LogP contribution in [0, 0.1) is 5.82 Å². The first-order valence-corrected chi connectivity index (χ1v) is 6.10. The Morgan fingerprint density at radius 3 is 2.76 bits per heavy atom. The van der Waals surface area contributed by atoms with Gasteiger partial charge < -0.3 is 10.1 Å². The summed E-state index contributed by atoms with van der Waals surface area (Å²) in [6.07, 6.45) is 3.32. The molecule has 0 radical (unpaired) electrons. The summed E-state index contributed by atoms with van der Waals surface area (Å²) in [5, 5.41) is 3.31. The molecule has 0 bridgehead atoms. The molecule has 1 N–H and O–H groups in total. The summed E-state index contributed by atoms with van der Waals surface area (Å²) in [6, 6.07) is 5.88. The molecule has 0 amide bonds. The van der Waals surface area contributed by atoms with Crippen LogP contribution in [0.2, 0.25) is 0 Å². The SMILES string of the molecule is CNC1CCC(C)(c2ccc(OC)c(F)c2)C1. The molecule has 0 aromatic heterocycles. The molecule has 1 aliphatic carbocycles. The van der Waals surface area contributed by atoms with Gasteiger partial charge in [0.2, 0.25) is 0 Å². The Balaban J connectivity index is 2.25. The number of hydrogen-bond acceptors (Lipinski definition) is 2. The van der Waals surface area contributed by atoms with Crippen molar-refractivity contribution in [3.63, 3.8) is 0 Å². The van der Waals surface area contributed by atoms with Gasteiger partial charge in [-0.05, 0) is 49.4 Å². The first kappa shape index (κ1) is 12.4. The van der Waals surface area contributed by atoms with Gasteiger partial charge in [0, 0.05) is 6.04 Å². The van der Waals surface area contributed by atoms with Crippen molar-refractivity contribution in [3.8, 4) is 5.75 Å². The average Bonchev–Trinajstić information content (AvgIpc) is 2.72. The Kier molecular flexibility index (Phi) is 3.38. The molecule has 1 aromatic rings. The molecule has 0 saturated heterocycles. The fraction of sp³-hybridized carbons (Fsp3) is 0.571. The van der Waals surface area contributed by atoms with Crippen molar-refractivity contribution in [2.75, 3.05) is 14.2 Å². The standard InChI is InChI=1S/C14H20FNO/c1-14(7-6-11(9-14)16-2)10-4-5-13(17-3)12(15)8-10/h4-5,8,11,16H,6-7,9H2,1-3H3. The Hall–Kier alpha value is -1.09. The molecular formula is C14H20FNO. The first-order valence-electron chi connectivity index (χ1n) is 6.10. The van der Waals surface area contributed by atoms with Crippen LogP contribution >= 0.6 is 0 Å². The van der Waals surface area contributed by atoms with Crippen molar-refractivity contribution in [1.29, 1.82) is 0 Å². The molecule has 0 heterocycles. The van der Waals surface area contributed by atoms with Gasteiger partial charge in [0.25, 0.3) is 0 Å². The maximum Gasteiger partial charge on any atom is 0.165 e. The lowest BCUT2D eigenvalue weighted by molar-refractivity contribution is 0.383. The Morgan fingerprint density at radius 1 is 1.47 bits per heavy atom. The maximum absolute atomic E-state index is 13.7. The van der Waals surface area contributed by atoms with E-state index in [4.69, 9.17) is 4.74 Å². The molecule has 0 spiro atoms. The van der Waals surface area contributed by atoms with Crippen LogP contribution in [0.5, 0.6) is 5.75 Å². The topological polar surface area (TPSA) is 21.3 Å². The van der Waals surface area contributed by atoms with Gasteiger partial charge in [-0.3, -0.25) is 0 Å². The zero-order chi connectivity index (χ0) is 12.5. The van der Waals surface area contributed by atoms with Crippen molar-refractivity contribution in [2.45, 2.75) is 37.6 Å². The number of ether oxygens (including phenoxy) is 1. The minimum absolute atomic E-state index is 0.0841. The van der Waals surface area contributed by atoms with Gasteiger partial charge in [-0.15, -0.1) is 0 Å². The van der Waals surface area contributed by atoms with Crippen molar-refractivity contribution >= 4 is 0 Å². The van der Waals surface area contributed by atoms with Gasteiger partial charge >= 0.3 is 0 Å². The summed E-state index contributed by atoms with van der Waals surface area (Å²) in [5.41, 5.74) is 1.16. The molecule has 2 atom stereocenters. The molecule has 0 aliphatic heterocycles. The van der Waals surface area contributed by atoms with Crippen molar-refractivity contribution in [3.05, 3.63) is 29.6 Å². The lowest BCUT2D eigenvalue weighted by Crippen LogP contribution is -2.25. The highest BCUT2D eigenvalue weighted by Gasteiger charge is 2.36. The van der Waals surface area contributed by atoms with E-state index in [1.165, 1.54) is 7.11 Å². The largest absolute Gasteiger partial charge is 0.494 e. The van der Waals surface area contributed by atoms with Crippen LogP contribution < -0.4 is 10.1 Å². The highest BCUT2D eigenvalue weighted by atomic mass is 19.1. The van der Waals surface area contributed by atoms with Crippen molar-refractivity contribution in [2.24, 2.45) is 0 Å². The molecule has 2 rings (SSSR count). The minimum atomic E-state index is -0.265. The third-order valence-corrected chi connectivity index (χ3v) is 4.00. The Labute approximate surface area is 102 Å². The van der Waals surface area contributed by atoms with E-state index in [9.17, 15) is 4.39 Å². The smallest absolute Gasteiger partial charge is 0.165 e. The second-order valence-corrected chi connectivity index (χ2v) is 5.14. The predicted molar refractivity (Wildman–Crippen MR) is 67.0 cm³/mol. The molecule has 1 fully saturated rings. The normalized spacial score (nSPS) is 28.4. The van der Waals surface area contributed by atoms with E-state index >= 15 is 0 Å². The Bertz CT molecular complexity index is 407. The van der Waals surface area contributed by atoms with Crippen LogP contribution in [0.4, 0.5) is 4.39 Å². The molecule has 1 saturated carbocycles. The van der Waals surface area contributed by atoms with Gasteiger partial charge in [-0.2, -0.15) is 0 Å². The number of hydrogen-bond donors (Lipinski definition) is 1. The lowest BCUT2D eigenvalue weighted by Gasteiger charge is -2.25. The zero-order valence-corrected chi connectivity index (χ0v) is 10.7. The number of halogens is 1. The third kappa shape index (κ3) is 2.29. The van der Waals surface area contributed by atoms with E-state index in [0.717, 1.165) is 24.8 Å². The van der Waals surface area contributed by atoms with Gasteiger partial charge in [-0.1, -0.05) is 13.0 Å². The fourth-order valence-corrected chi connectivity index (χ4v) is 2.79. The van der Waals surface area contributed by atoms with Gasteiger partial charge in [-0.25, -0.2) is 4.39 Å². The monoisotopic (exact) mass is 237 g/mol. The molecular weight excluding hydrogens is 217 g/mol. The van der Waals surface area contributed by atoms with Crippen LogP contribution in [-0.4, -0.2) is 20.2 Å². The summed E-state index contributed by atoms with van der Waals surface area (Å²) in [5.74, 6) is 0.0552. The van der Waals surface area contributed by atoms with Crippen LogP contribution in [0.15, 0.2) is 18.2 Å². The van der Waals surface area contributed by atoms with Gasteiger partial charge in [0.05, 0.1) is 7.11 Å². The van der Waals surface area contributed by atoms with Gasteiger partial charge in [0.15, 0.2) is 11.6 Å². The summed E-state index contributed by atoms with van der Waals surface area (Å²) in [4.78, 5) is 0. The predicted octanol–water partition coefficient (Wildman–Crippen LogP) is 2.86. The molecule has 94 valence electrons. The number of benzene rings is 1. The van der Waals surface area contributed by atoms with Crippen molar-refractivity contribution < 1.29 is 9.13 Å². The molecule has 17 heavy (non-hydrogen) atoms. The van der Waals surface area contributed by atoms with Gasteiger partial charge in [0.1, 0.15) is 0 Å². The number of nitrogens with one attached hydrogen (secondary N) is 1. The second-order valence-electron chi connectivity index (χ2n) is 5.14. The van der Waals surface area contributed by atoms with Crippen LogP contribution in [-0.2, 0) is 5.41 Å². The van der Waals surface area contributed by atoms with E-state index in [2.05, 4.69) is 12.2 Å². The quantitative estimate of drug-likeness (QED) is 0.872. The summed E-state index contributed by atoms with van der Waals surface area (Å²) >= 11 is 0. The number of rotatable bonds is 3. The Morgan fingerprint density at radius 2 is 2.24 bits per heavy atom. The molecule has 3 heteroatoms. The number of methoxy groups -OCH3 is 1. The highest BCUT2D eigenvalue weighted by molar-refractivity contribution is 5.34. The zero-order valence-electron chi connectivity index (χ0n) is 10.7. The van der Waals surface area contributed by atoms with E-state index in [1.807, 2.05) is 13.1 Å². The summed E-state index contributed by atoms with van der Waals surface area (Å²) < 4.78 is 18.7. The van der Waals surface area contributed by atoms with E-state index in [-0.39, 0.29) is 11.2 Å². The maximum atomic E-state index is 13.7. The van der Waals surface area contributed by atoms with Crippen molar-refractivity contribution in [1.82, 2.24) is 5.32 Å². The summed E-state index contributed by atoms with van der Waals surface area (Å²) in [7, 11) is 3.48. The molecule has 1 aromatic carbocycles. The lowest BCUT2D eigenvalue weighted by atomic mass is 9.81. The van der Waals surface area contributed by atoms with E-state index in [1.54, 1.807) is 12.1 Å². The van der Waals surface area contributed by atoms with Crippen LogP contribution in [0.3, 0.4) is 0 Å². The molecule has 2 nitrogen and oxygen atoms in total. The second kappa shape index (κ2) is 4.65. The third-order valence-electron chi connectivity index (χ3n) is 4.00. The highest BCUT2D eigenvalue weighted by Crippen LogP contribution is 2.41.